The van der Waals surface area contributed by atoms with Crippen molar-refractivity contribution in [3.05, 3.63) is 0 Å². The summed E-state index contributed by atoms with van der Waals surface area (Å²) < 4.78 is 0. The summed E-state index contributed by atoms with van der Waals surface area (Å²) in [7, 11) is 0. The highest BCUT2D eigenvalue weighted by Gasteiger charge is 2.55. The molecule has 0 aromatic rings. The van der Waals surface area contributed by atoms with E-state index in [1.54, 1.807) is 0 Å². The van der Waals surface area contributed by atoms with Gasteiger partial charge < -0.3 is 15.7 Å². The molecule has 3 atom stereocenters. The molecule has 2 saturated heterocycles. The van der Waals surface area contributed by atoms with Crippen molar-refractivity contribution in [3.63, 3.8) is 0 Å². The maximum absolute atomic E-state index is 11.4. The van der Waals surface area contributed by atoms with Crippen LogP contribution in [-0.2, 0) is 9.59 Å². The van der Waals surface area contributed by atoms with E-state index >= 15 is 0 Å². The predicted octanol–water partition coefficient (Wildman–Crippen LogP) is -0.461. The van der Waals surface area contributed by atoms with Crippen LogP contribution in [0.1, 0.15) is 0 Å². The molecular weight excluding hydrogens is 240 g/mol. The van der Waals surface area contributed by atoms with Crippen molar-refractivity contribution >= 4 is 35.2 Å². The first-order valence-corrected chi connectivity index (χ1v) is 6.07. The van der Waals surface area contributed by atoms with Gasteiger partial charge in [-0.3, -0.25) is 9.59 Å². The van der Waals surface area contributed by atoms with E-state index in [9.17, 15) is 9.59 Å². The number of rotatable bonds is 2. The van der Waals surface area contributed by atoms with Crippen LogP contribution in [0.3, 0.4) is 0 Å². The molecule has 0 bridgehead atoms. The molecule has 2 heterocycles. The summed E-state index contributed by atoms with van der Waals surface area (Å²) in [4.78, 5) is 24.0. The summed E-state index contributed by atoms with van der Waals surface area (Å²) >= 11 is 7.09. The second-order valence-electron chi connectivity index (χ2n) is 3.91. The Labute approximate surface area is 95.9 Å². The summed E-state index contributed by atoms with van der Waals surface area (Å²) in [5, 5.41) is 9.04. The van der Waals surface area contributed by atoms with Gasteiger partial charge in [0.05, 0.1) is 0 Å². The van der Waals surface area contributed by atoms with Gasteiger partial charge in [-0.05, 0) is 0 Å². The molecule has 0 saturated carbocycles. The van der Waals surface area contributed by atoms with E-state index in [4.69, 9.17) is 22.4 Å². The Morgan fingerprint density at radius 3 is 3.00 bits per heavy atom. The number of thioether (sulfide) groups is 1. The molecule has 2 rings (SSSR count). The zero-order valence-electron chi connectivity index (χ0n) is 7.85. The van der Waals surface area contributed by atoms with Crippen LogP contribution in [0.25, 0.3) is 0 Å². The molecule has 84 valence electrons. The van der Waals surface area contributed by atoms with Gasteiger partial charge in [-0.25, -0.2) is 0 Å². The SMILES string of the molecule is NC1C(=O)N2CC(CCl)(C(=O)O)CS[C@H]12. The van der Waals surface area contributed by atoms with E-state index < -0.39 is 17.4 Å². The van der Waals surface area contributed by atoms with Gasteiger partial charge >= 0.3 is 5.97 Å². The third-order valence-electron chi connectivity index (χ3n) is 2.90. The van der Waals surface area contributed by atoms with Gasteiger partial charge in [0.2, 0.25) is 5.91 Å². The topological polar surface area (TPSA) is 83.6 Å². The second-order valence-corrected chi connectivity index (χ2v) is 5.28. The van der Waals surface area contributed by atoms with Gasteiger partial charge in [-0.1, -0.05) is 0 Å². The quantitative estimate of drug-likeness (QED) is 0.512. The molecule has 1 amide bonds. The van der Waals surface area contributed by atoms with E-state index in [0.717, 1.165) is 0 Å². The molecule has 0 aliphatic carbocycles. The first-order chi connectivity index (χ1) is 7.02. The van der Waals surface area contributed by atoms with Gasteiger partial charge in [-0.15, -0.1) is 23.4 Å². The number of aliphatic carboxylic acids is 1. The second kappa shape index (κ2) is 3.54. The van der Waals surface area contributed by atoms with Gasteiger partial charge in [0.25, 0.3) is 0 Å². The number of alkyl halides is 1. The molecule has 0 aromatic heterocycles. The number of carbonyl (C=O) groups excluding carboxylic acids is 1. The highest BCUT2D eigenvalue weighted by molar-refractivity contribution is 8.00. The van der Waals surface area contributed by atoms with Crippen molar-refractivity contribution in [1.82, 2.24) is 4.90 Å². The summed E-state index contributed by atoms with van der Waals surface area (Å²) in [6.45, 7) is 0.177. The normalized spacial score (nSPS) is 39.6. The number of nitrogens with two attached hydrogens (primary N) is 1. The predicted molar refractivity (Wildman–Crippen MR) is 56.7 cm³/mol. The number of nitrogens with zero attached hydrogens (tertiary/aromatic N) is 1. The van der Waals surface area contributed by atoms with E-state index in [2.05, 4.69) is 0 Å². The van der Waals surface area contributed by atoms with Crippen molar-refractivity contribution < 1.29 is 14.7 Å². The van der Waals surface area contributed by atoms with Gasteiger partial charge in [0, 0.05) is 18.2 Å². The van der Waals surface area contributed by atoms with Gasteiger partial charge in [-0.2, -0.15) is 0 Å². The molecule has 0 spiro atoms. The number of amides is 1. The summed E-state index contributed by atoms with van der Waals surface area (Å²) in [5.41, 5.74) is 4.57. The zero-order chi connectivity index (χ0) is 11.2. The molecular formula is C8H11ClN2O3S. The van der Waals surface area contributed by atoms with E-state index in [1.807, 2.05) is 0 Å². The van der Waals surface area contributed by atoms with Crippen molar-refractivity contribution in [2.75, 3.05) is 18.2 Å². The van der Waals surface area contributed by atoms with Gasteiger partial charge in [0.1, 0.15) is 16.8 Å². The van der Waals surface area contributed by atoms with Gasteiger partial charge in [0.15, 0.2) is 0 Å². The molecule has 5 nitrogen and oxygen atoms in total. The highest BCUT2D eigenvalue weighted by Crippen LogP contribution is 2.41. The van der Waals surface area contributed by atoms with Crippen LogP contribution in [0, 0.1) is 5.41 Å². The number of carboxylic acid groups (broad SMARTS) is 1. The van der Waals surface area contributed by atoms with Crippen LogP contribution in [0.2, 0.25) is 0 Å². The third-order valence-corrected chi connectivity index (χ3v) is 5.02. The Morgan fingerprint density at radius 1 is 1.80 bits per heavy atom. The van der Waals surface area contributed by atoms with Crippen LogP contribution in [0.4, 0.5) is 0 Å². The molecule has 2 aliphatic rings. The van der Waals surface area contributed by atoms with Crippen LogP contribution < -0.4 is 5.73 Å². The summed E-state index contributed by atoms with van der Waals surface area (Å²) in [6, 6.07) is -0.475. The monoisotopic (exact) mass is 250 g/mol. The highest BCUT2D eigenvalue weighted by atomic mass is 35.5. The van der Waals surface area contributed by atoms with Crippen molar-refractivity contribution in [1.29, 1.82) is 0 Å². The molecule has 2 fully saturated rings. The number of halogens is 1. The van der Waals surface area contributed by atoms with E-state index in [-0.39, 0.29) is 23.7 Å². The van der Waals surface area contributed by atoms with Crippen molar-refractivity contribution in [2.45, 2.75) is 11.4 Å². The van der Waals surface area contributed by atoms with Crippen molar-refractivity contribution in [3.8, 4) is 0 Å². The van der Waals surface area contributed by atoms with E-state index in [1.165, 1.54) is 16.7 Å². The minimum absolute atomic E-state index is 0.0150. The number of hydrogen-bond donors (Lipinski definition) is 2. The van der Waals surface area contributed by atoms with Crippen molar-refractivity contribution in [2.24, 2.45) is 11.1 Å². The summed E-state index contributed by atoms with van der Waals surface area (Å²) in [5.74, 6) is -0.700. The Morgan fingerprint density at radius 2 is 2.47 bits per heavy atom. The lowest BCUT2D eigenvalue weighted by molar-refractivity contribution is -0.155. The van der Waals surface area contributed by atoms with Crippen LogP contribution >= 0.6 is 23.4 Å². The zero-order valence-corrected chi connectivity index (χ0v) is 9.42. The molecule has 2 aliphatic heterocycles. The fourth-order valence-electron chi connectivity index (χ4n) is 1.80. The van der Waals surface area contributed by atoms with E-state index in [0.29, 0.717) is 5.75 Å². The first kappa shape index (κ1) is 11.0. The summed E-state index contributed by atoms with van der Waals surface area (Å²) in [6.07, 6.45) is 0. The minimum Gasteiger partial charge on any atom is -0.481 e. The molecule has 7 heteroatoms. The molecule has 3 N–H and O–H groups in total. The number of β-lactam (4-membered cyclic amide) rings is 1. The number of carboxylic acids is 1. The Bertz CT molecular complexity index is 327. The molecule has 0 radical (unpaired) electrons. The molecule has 2 unspecified atom stereocenters. The molecule has 0 aromatic carbocycles. The Hall–Kier alpha value is -0.460. The third kappa shape index (κ3) is 1.43. The molecule has 15 heavy (non-hydrogen) atoms. The standard InChI is InChI=1S/C8H11ClN2O3S/c9-1-8(7(13)14)2-11-5(12)4(10)6(11)15-3-8/h4,6H,1-3,10H2,(H,13,14)/t4?,6-,8?/m1/s1. The maximum atomic E-state index is 11.4. The Kier molecular flexibility index (Phi) is 2.60. The first-order valence-electron chi connectivity index (χ1n) is 4.49. The Balaban J connectivity index is 2.15. The average molecular weight is 251 g/mol. The fourth-order valence-corrected chi connectivity index (χ4v) is 3.69. The number of carbonyl (C=O) groups is 2. The lowest BCUT2D eigenvalue weighted by atomic mass is 9.89. The maximum Gasteiger partial charge on any atom is 0.313 e. The average Bonchev–Trinajstić information content (AvgIpc) is 2.26. The lowest BCUT2D eigenvalue weighted by Gasteiger charge is -2.52. The van der Waals surface area contributed by atoms with Crippen LogP contribution in [-0.4, -0.2) is 51.5 Å². The lowest BCUT2D eigenvalue weighted by Crippen LogP contribution is -2.72. The largest absolute Gasteiger partial charge is 0.481 e. The smallest absolute Gasteiger partial charge is 0.313 e. The van der Waals surface area contributed by atoms with Crippen LogP contribution in [0.15, 0.2) is 0 Å². The number of hydrogen-bond acceptors (Lipinski definition) is 4. The minimum atomic E-state index is -1.02. The van der Waals surface area contributed by atoms with Crippen LogP contribution in [0.5, 0.6) is 0 Å². The fraction of sp³-hybridized carbons (Fsp3) is 0.750. The number of fused-ring (bicyclic) bond motifs is 1.